The van der Waals surface area contributed by atoms with Crippen LogP contribution in [0.2, 0.25) is 0 Å². The Kier molecular flexibility index (Phi) is 3.70. The van der Waals surface area contributed by atoms with Crippen molar-refractivity contribution in [1.82, 2.24) is 4.98 Å². The molecule has 0 fully saturated rings. The molecule has 78 valence electrons. The minimum Gasteiger partial charge on any atom is -0.506 e. The van der Waals surface area contributed by atoms with E-state index in [1.54, 1.807) is 6.92 Å². The number of hydrogen-bond acceptors (Lipinski definition) is 6. The minimum absolute atomic E-state index is 0.104. The van der Waals surface area contributed by atoms with E-state index in [2.05, 4.69) is 4.98 Å². The Morgan fingerprint density at radius 2 is 2.21 bits per heavy atom. The number of aliphatic hydroxyl groups excluding tert-OH is 2. The summed E-state index contributed by atoms with van der Waals surface area (Å²) in [6, 6.07) is 0. The fourth-order valence-corrected chi connectivity index (χ4v) is 1.48. The summed E-state index contributed by atoms with van der Waals surface area (Å²) in [6.07, 6.45) is 1.35. The van der Waals surface area contributed by atoms with Crippen LogP contribution in [0.1, 0.15) is 22.3 Å². The van der Waals surface area contributed by atoms with E-state index in [1.165, 1.54) is 6.20 Å². The highest BCUT2D eigenvalue weighted by Crippen LogP contribution is 2.34. The number of aromatic nitrogens is 1. The topological polar surface area (TPSA) is 93.8 Å². The van der Waals surface area contributed by atoms with Crippen LogP contribution in [0.25, 0.3) is 0 Å². The maximum atomic E-state index is 9.55. The molecule has 0 saturated carbocycles. The van der Waals surface area contributed by atoms with Crippen molar-refractivity contribution in [2.24, 2.45) is 0 Å². The molecule has 0 spiro atoms. The Balaban J connectivity index is 3.27. The molecule has 1 aromatic heterocycles. The van der Waals surface area contributed by atoms with E-state index < -0.39 is 5.44 Å². The SMILES string of the molecule is Cc1ncc(CO)c(C(O)SO)c1O. The molecule has 1 atom stereocenters. The Morgan fingerprint density at radius 3 is 2.71 bits per heavy atom. The third-order valence-electron chi connectivity index (χ3n) is 1.87. The van der Waals surface area contributed by atoms with Gasteiger partial charge in [0.2, 0.25) is 0 Å². The molecule has 4 N–H and O–H groups in total. The lowest BCUT2D eigenvalue weighted by molar-refractivity contribution is 0.242. The van der Waals surface area contributed by atoms with E-state index in [1.807, 2.05) is 0 Å². The average molecular weight is 217 g/mol. The number of aryl methyl sites for hydroxylation is 1. The highest BCUT2D eigenvalue weighted by atomic mass is 32.2. The second kappa shape index (κ2) is 4.61. The number of pyridine rings is 1. The minimum atomic E-state index is -1.28. The molecule has 5 nitrogen and oxygen atoms in total. The van der Waals surface area contributed by atoms with Crippen molar-refractivity contribution in [2.75, 3.05) is 0 Å². The molecule has 6 heteroatoms. The van der Waals surface area contributed by atoms with E-state index in [-0.39, 0.29) is 30.0 Å². The zero-order chi connectivity index (χ0) is 10.7. The molecule has 0 saturated heterocycles. The maximum Gasteiger partial charge on any atom is 0.154 e. The number of aliphatic hydroxyl groups is 2. The third-order valence-corrected chi connectivity index (χ3v) is 2.31. The number of rotatable bonds is 3. The molecule has 1 aromatic rings. The molecule has 0 bridgehead atoms. The lowest BCUT2D eigenvalue weighted by Gasteiger charge is -2.13. The molecule has 1 rings (SSSR count). The average Bonchev–Trinajstić information content (AvgIpc) is 2.20. The summed E-state index contributed by atoms with van der Waals surface area (Å²) in [5.41, 5.74) is -0.543. The molecule has 0 amide bonds. The predicted octanol–water partition coefficient (Wildman–Crippen LogP) is 0.785. The third kappa shape index (κ3) is 1.98. The lowest BCUT2D eigenvalue weighted by Crippen LogP contribution is -2.02. The molecule has 0 radical (unpaired) electrons. The van der Waals surface area contributed by atoms with Gasteiger partial charge in [0.1, 0.15) is 5.75 Å². The molecule has 0 aromatic carbocycles. The first-order valence-electron chi connectivity index (χ1n) is 3.88. The fourth-order valence-electron chi connectivity index (χ4n) is 1.11. The Bertz CT molecular complexity index is 331. The van der Waals surface area contributed by atoms with Crippen molar-refractivity contribution in [2.45, 2.75) is 19.0 Å². The normalized spacial score (nSPS) is 12.9. The predicted molar refractivity (Wildman–Crippen MR) is 51.7 cm³/mol. The first-order chi connectivity index (χ1) is 6.61. The van der Waals surface area contributed by atoms with Crippen LogP contribution in [-0.2, 0) is 6.61 Å². The Labute approximate surface area is 85.3 Å². The van der Waals surface area contributed by atoms with E-state index >= 15 is 0 Å². The Hall–Kier alpha value is -0.820. The van der Waals surface area contributed by atoms with Crippen LogP contribution in [0.15, 0.2) is 6.20 Å². The second-order valence-electron chi connectivity index (χ2n) is 2.75. The molecular formula is C8H11NO4S. The van der Waals surface area contributed by atoms with Gasteiger partial charge in [-0.25, -0.2) is 0 Å². The second-order valence-corrected chi connectivity index (χ2v) is 3.40. The van der Waals surface area contributed by atoms with Crippen molar-refractivity contribution in [3.8, 4) is 5.75 Å². The van der Waals surface area contributed by atoms with Crippen LogP contribution in [0.4, 0.5) is 0 Å². The number of nitrogens with zero attached hydrogens (tertiary/aromatic N) is 1. The zero-order valence-corrected chi connectivity index (χ0v) is 8.32. The molecule has 0 aliphatic carbocycles. The van der Waals surface area contributed by atoms with Gasteiger partial charge in [0.25, 0.3) is 0 Å². The summed E-state index contributed by atoms with van der Waals surface area (Å²) in [6.45, 7) is 1.21. The molecule has 0 aliphatic rings. The molecule has 1 heterocycles. The largest absolute Gasteiger partial charge is 0.506 e. The van der Waals surface area contributed by atoms with Gasteiger partial charge in [0, 0.05) is 29.4 Å². The van der Waals surface area contributed by atoms with Gasteiger partial charge in [-0.15, -0.1) is 0 Å². The van der Waals surface area contributed by atoms with E-state index in [9.17, 15) is 10.2 Å². The van der Waals surface area contributed by atoms with Crippen LogP contribution in [0.5, 0.6) is 5.75 Å². The van der Waals surface area contributed by atoms with Gasteiger partial charge < -0.3 is 19.9 Å². The van der Waals surface area contributed by atoms with Crippen LogP contribution in [0, 0.1) is 6.92 Å². The van der Waals surface area contributed by atoms with Gasteiger partial charge in [0.15, 0.2) is 5.44 Å². The summed E-state index contributed by atoms with van der Waals surface area (Å²) in [4.78, 5) is 3.81. The molecule has 0 aliphatic heterocycles. The van der Waals surface area contributed by atoms with Crippen LogP contribution < -0.4 is 0 Å². The smallest absolute Gasteiger partial charge is 0.154 e. The van der Waals surface area contributed by atoms with Gasteiger partial charge in [0.05, 0.1) is 12.3 Å². The first-order valence-corrected chi connectivity index (χ1v) is 4.72. The molecule has 14 heavy (non-hydrogen) atoms. The maximum absolute atomic E-state index is 9.55. The lowest BCUT2D eigenvalue weighted by atomic mass is 10.1. The zero-order valence-electron chi connectivity index (χ0n) is 7.51. The van der Waals surface area contributed by atoms with Crippen molar-refractivity contribution >= 4 is 12.0 Å². The molecular weight excluding hydrogens is 206 g/mol. The van der Waals surface area contributed by atoms with Crippen LogP contribution in [0.3, 0.4) is 0 Å². The summed E-state index contributed by atoms with van der Waals surface area (Å²) >= 11 is 0.187. The van der Waals surface area contributed by atoms with Gasteiger partial charge >= 0.3 is 0 Å². The van der Waals surface area contributed by atoms with Crippen molar-refractivity contribution in [3.63, 3.8) is 0 Å². The highest BCUT2D eigenvalue weighted by molar-refractivity contribution is 7.93. The van der Waals surface area contributed by atoms with Gasteiger partial charge in [-0.3, -0.25) is 4.98 Å². The fraction of sp³-hybridized carbons (Fsp3) is 0.375. The summed E-state index contributed by atoms with van der Waals surface area (Å²) in [5.74, 6) is -0.203. The standard InChI is InChI=1S/C8H11NO4S/c1-4-7(11)6(8(12)14-13)5(3-10)2-9-4/h2,8,10-13H,3H2,1H3. The Morgan fingerprint density at radius 1 is 1.57 bits per heavy atom. The van der Waals surface area contributed by atoms with Crippen molar-refractivity contribution in [1.29, 1.82) is 0 Å². The van der Waals surface area contributed by atoms with Crippen molar-refractivity contribution in [3.05, 3.63) is 23.0 Å². The van der Waals surface area contributed by atoms with E-state index in [4.69, 9.17) is 9.66 Å². The number of hydrogen-bond donors (Lipinski definition) is 4. The quantitative estimate of drug-likeness (QED) is 0.441. The summed E-state index contributed by atoms with van der Waals surface area (Å²) < 4.78 is 8.68. The van der Waals surface area contributed by atoms with Crippen LogP contribution in [-0.4, -0.2) is 24.9 Å². The van der Waals surface area contributed by atoms with E-state index in [0.29, 0.717) is 11.3 Å². The highest BCUT2D eigenvalue weighted by Gasteiger charge is 2.19. The van der Waals surface area contributed by atoms with Gasteiger partial charge in [-0.05, 0) is 6.92 Å². The summed E-state index contributed by atoms with van der Waals surface area (Å²) in [5, 5.41) is 27.8. The van der Waals surface area contributed by atoms with Crippen molar-refractivity contribution < 1.29 is 19.9 Å². The first kappa shape index (κ1) is 11.3. The van der Waals surface area contributed by atoms with Gasteiger partial charge in [-0.1, -0.05) is 0 Å². The monoisotopic (exact) mass is 217 g/mol. The van der Waals surface area contributed by atoms with Gasteiger partial charge in [-0.2, -0.15) is 0 Å². The number of aromatic hydroxyl groups is 1. The van der Waals surface area contributed by atoms with Crippen LogP contribution >= 0.6 is 12.0 Å². The van der Waals surface area contributed by atoms with E-state index in [0.717, 1.165) is 0 Å². The summed E-state index contributed by atoms with van der Waals surface area (Å²) in [7, 11) is 0. The molecule has 1 unspecified atom stereocenters.